The summed E-state index contributed by atoms with van der Waals surface area (Å²) < 4.78 is 0. The summed E-state index contributed by atoms with van der Waals surface area (Å²) in [6, 6.07) is 0. The molecule has 1 saturated heterocycles. The Labute approximate surface area is 85.2 Å². The van der Waals surface area contributed by atoms with Crippen molar-refractivity contribution < 1.29 is 0 Å². The number of nitrogens with one attached hydrogen (secondary N) is 3. The van der Waals surface area contributed by atoms with Gasteiger partial charge in [0.2, 0.25) is 0 Å². The minimum Gasteiger partial charge on any atom is -0.254 e. The lowest BCUT2D eigenvalue weighted by atomic mass is 10.3. The average molecular weight is 248 g/mol. The molecule has 3 nitrogen and oxygen atoms in total. The predicted octanol–water partition coefficient (Wildman–Crippen LogP) is 2.71. The van der Waals surface area contributed by atoms with Gasteiger partial charge in [-0.1, -0.05) is 19.8 Å². The van der Waals surface area contributed by atoms with Gasteiger partial charge in [-0.25, -0.2) is 0 Å². The summed E-state index contributed by atoms with van der Waals surface area (Å²) in [6.45, 7) is 2.17. The fourth-order valence-corrected chi connectivity index (χ4v) is 3.91. The van der Waals surface area contributed by atoms with Crippen LogP contribution in [0.3, 0.4) is 0 Å². The summed E-state index contributed by atoms with van der Waals surface area (Å²) in [6.07, 6.45) is 3.73. The molecule has 0 spiro atoms. The molecule has 0 aromatic carbocycles. The van der Waals surface area contributed by atoms with Gasteiger partial charge >= 0.3 is 0 Å². The smallest absolute Gasteiger partial charge is 0.0273 e. The van der Waals surface area contributed by atoms with Crippen molar-refractivity contribution in [2.24, 2.45) is 0 Å². The molecule has 1 heterocycles. The average Bonchev–Trinajstić information content (AvgIpc) is 2.18. The number of hydrogen-bond acceptors (Lipinski definition) is 3. The van der Waals surface area contributed by atoms with Crippen LogP contribution in [0.25, 0.3) is 0 Å². The number of halogens is 1. The van der Waals surface area contributed by atoms with E-state index < -0.39 is 0 Å². The molecule has 0 bridgehead atoms. The van der Waals surface area contributed by atoms with Crippen molar-refractivity contribution in [1.82, 2.24) is 14.6 Å². The van der Waals surface area contributed by atoms with Crippen LogP contribution < -0.4 is 14.6 Å². The molecule has 0 amide bonds. The monoisotopic (exact) mass is 247 g/mol. The van der Waals surface area contributed by atoms with E-state index in [1.54, 1.807) is 0 Å². The van der Waals surface area contributed by atoms with Gasteiger partial charge in [0.15, 0.2) is 0 Å². The summed E-state index contributed by atoms with van der Waals surface area (Å²) in [7, 11) is 2.29. The van der Waals surface area contributed by atoms with Gasteiger partial charge in [-0.2, -0.15) is 0 Å². The predicted molar refractivity (Wildman–Crippen MR) is 64.6 cm³/mol. The van der Waals surface area contributed by atoms with E-state index in [1.807, 2.05) is 0 Å². The Kier molecular flexibility index (Phi) is 14.0. The minimum atomic E-state index is 0.764. The zero-order chi connectivity index (χ0) is 9.07. The van der Waals surface area contributed by atoms with Crippen LogP contribution >= 0.6 is 38.2 Å². The van der Waals surface area contributed by atoms with E-state index in [4.69, 9.17) is 11.6 Å². The van der Waals surface area contributed by atoms with E-state index >= 15 is 0 Å². The first-order valence-electron chi connectivity index (χ1n) is 3.97. The Morgan fingerprint density at radius 3 is 1.67 bits per heavy atom. The van der Waals surface area contributed by atoms with Gasteiger partial charge in [-0.05, 0) is 6.42 Å². The van der Waals surface area contributed by atoms with Crippen molar-refractivity contribution in [2.45, 2.75) is 26.2 Å². The second kappa shape index (κ2) is 12.5. The fraction of sp³-hybridized carbons (Fsp3) is 1.00. The molecule has 0 atom stereocenters. The topological polar surface area (TPSA) is 36.1 Å². The highest BCUT2D eigenvalue weighted by molar-refractivity contribution is 7.65. The second-order valence-electron chi connectivity index (χ2n) is 2.15. The number of unbranched alkanes of at least 4 members (excludes halogenated alkanes) is 2. The normalized spacial score (nSPS) is 22.5. The third-order valence-electron chi connectivity index (χ3n) is 1.11. The van der Waals surface area contributed by atoms with Crippen LogP contribution in [0.2, 0.25) is 0 Å². The van der Waals surface area contributed by atoms with Gasteiger partial charge in [0.05, 0.1) is 0 Å². The molecule has 3 N–H and O–H groups in total. The molecular weight excluding hydrogens is 230 g/mol. The van der Waals surface area contributed by atoms with Crippen molar-refractivity contribution >= 4 is 38.2 Å². The zero-order valence-electron chi connectivity index (χ0n) is 7.21. The van der Waals surface area contributed by atoms with Crippen LogP contribution in [-0.2, 0) is 0 Å². The summed E-state index contributed by atoms with van der Waals surface area (Å²) in [5.74, 6) is 0.827. The maximum atomic E-state index is 5.38. The van der Waals surface area contributed by atoms with Crippen molar-refractivity contribution in [3.8, 4) is 0 Å². The molecular formula is C5H17ClN3P3. The molecule has 1 fully saturated rings. The summed E-state index contributed by atoms with van der Waals surface area (Å²) in [5, 5.41) is 0. The Morgan fingerprint density at radius 2 is 1.50 bits per heavy atom. The minimum absolute atomic E-state index is 0.764. The Balaban J connectivity index is 0.000000202. The van der Waals surface area contributed by atoms with E-state index in [-0.39, 0.29) is 0 Å². The zero-order valence-corrected chi connectivity index (χ0v) is 11.0. The molecule has 0 aliphatic carbocycles. The molecule has 0 saturated carbocycles. The molecule has 7 heteroatoms. The van der Waals surface area contributed by atoms with Crippen LogP contribution in [0.15, 0.2) is 0 Å². The largest absolute Gasteiger partial charge is 0.254 e. The highest BCUT2D eigenvalue weighted by atomic mass is 35.5. The van der Waals surface area contributed by atoms with Gasteiger partial charge in [-0.15, -0.1) is 11.6 Å². The Hall–Kier alpha value is 1.46. The van der Waals surface area contributed by atoms with Gasteiger partial charge in [0.25, 0.3) is 0 Å². The van der Waals surface area contributed by atoms with E-state index in [2.05, 4.69) is 21.5 Å². The summed E-state index contributed by atoms with van der Waals surface area (Å²) >= 11 is 5.38. The van der Waals surface area contributed by atoms with Crippen molar-refractivity contribution in [2.75, 3.05) is 5.88 Å². The third kappa shape index (κ3) is 11.5. The Bertz CT molecular complexity index is 68.8. The van der Waals surface area contributed by atoms with Gasteiger partial charge in [0.1, 0.15) is 0 Å². The number of rotatable bonds is 3. The van der Waals surface area contributed by atoms with Gasteiger partial charge in [-0.3, -0.25) is 14.6 Å². The number of alkyl halides is 1. The fourth-order valence-electron chi connectivity index (χ4n) is 0.532. The Morgan fingerprint density at radius 1 is 1.00 bits per heavy atom. The molecule has 0 radical (unpaired) electrons. The number of hydrogen-bond donors (Lipinski definition) is 3. The molecule has 12 heavy (non-hydrogen) atoms. The molecule has 1 aliphatic rings. The first-order valence-corrected chi connectivity index (χ1v) is 7.51. The van der Waals surface area contributed by atoms with Crippen LogP contribution in [0.1, 0.15) is 26.2 Å². The molecule has 74 valence electrons. The highest BCUT2D eigenvalue weighted by Crippen LogP contribution is 2.23. The van der Waals surface area contributed by atoms with Crippen molar-refractivity contribution in [3.63, 3.8) is 0 Å². The lowest BCUT2D eigenvalue weighted by Gasteiger charge is -2.12. The first-order chi connectivity index (χ1) is 5.91. The van der Waals surface area contributed by atoms with Crippen LogP contribution in [-0.4, -0.2) is 5.88 Å². The lowest BCUT2D eigenvalue weighted by molar-refractivity contribution is 0.776. The molecule has 1 aliphatic heterocycles. The van der Waals surface area contributed by atoms with Crippen molar-refractivity contribution in [3.05, 3.63) is 0 Å². The van der Waals surface area contributed by atoms with Gasteiger partial charge in [0, 0.05) is 32.5 Å². The highest BCUT2D eigenvalue weighted by Gasteiger charge is 1.90. The van der Waals surface area contributed by atoms with Crippen molar-refractivity contribution in [1.29, 1.82) is 0 Å². The SMILES string of the molecule is CCCCCCl.N1PNPNP1. The molecule has 0 unspecified atom stereocenters. The quantitative estimate of drug-likeness (QED) is 0.408. The van der Waals surface area contributed by atoms with E-state index in [0.29, 0.717) is 0 Å². The van der Waals surface area contributed by atoms with Crippen LogP contribution in [0.4, 0.5) is 0 Å². The standard InChI is InChI=1S/C5H11Cl.H6N3P3/c1-2-3-4-5-6;1-4-2-6-3-5-1/h2-5H2,1H3;1-6H. The lowest BCUT2D eigenvalue weighted by Crippen LogP contribution is -2.07. The summed E-state index contributed by atoms with van der Waals surface area (Å²) in [5.41, 5.74) is 0. The van der Waals surface area contributed by atoms with E-state index in [1.165, 1.54) is 19.3 Å². The van der Waals surface area contributed by atoms with Crippen LogP contribution in [0.5, 0.6) is 0 Å². The third-order valence-corrected chi connectivity index (χ3v) is 4.38. The second-order valence-corrected chi connectivity index (χ2v) is 6.27. The molecule has 0 aromatic heterocycles. The van der Waals surface area contributed by atoms with E-state index in [9.17, 15) is 0 Å². The molecule has 1 rings (SSSR count). The van der Waals surface area contributed by atoms with Crippen LogP contribution in [0, 0.1) is 0 Å². The maximum absolute atomic E-state index is 5.38. The maximum Gasteiger partial charge on any atom is 0.0273 e. The summed E-state index contributed by atoms with van der Waals surface area (Å²) in [4.78, 5) is 9.38. The van der Waals surface area contributed by atoms with E-state index in [0.717, 1.165) is 32.5 Å². The van der Waals surface area contributed by atoms with Gasteiger partial charge < -0.3 is 0 Å². The first kappa shape index (κ1) is 13.5. The molecule has 0 aromatic rings.